The van der Waals surface area contributed by atoms with E-state index in [2.05, 4.69) is 6.07 Å². The van der Waals surface area contributed by atoms with Gasteiger partial charge in [-0.2, -0.15) is 0 Å². The third-order valence-corrected chi connectivity index (χ3v) is 5.00. The third-order valence-electron chi connectivity index (χ3n) is 5.00. The van der Waals surface area contributed by atoms with Crippen LogP contribution in [0.25, 0.3) is 10.9 Å². The summed E-state index contributed by atoms with van der Waals surface area (Å²) < 4.78 is 12.8. The Kier molecular flexibility index (Phi) is 4.29. The van der Waals surface area contributed by atoms with Gasteiger partial charge in [-0.15, -0.1) is 0 Å². The van der Waals surface area contributed by atoms with Crippen molar-refractivity contribution >= 4 is 22.5 Å². The largest absolute Gasteiger partial charge is 0.497 e. The van der Waals surface area contributed by atoms with E-state index in [4.69, 9.17) is 9.47 Å². The fourth-order valence-corrected chi connectivity index (χ4v) is 3.69. The van der Waals surface area contributed by atoms with Crippen LogP contribution in [-0.2, 0) is 17.8 Å². The molecular weight excluding hydrogens is 328 g/mol. The first-order chi connectivity index (χ1) is 12.7. The summed E-state index contributed by atoms with van der Waals surface area (Å²) in [4.78, 5) is 14.9. The number of ether oxygens (including phenoxy) is 2. The minimum atomic E-state index is 0.0939. The maximum absolute atomic E-state index is 13.0. The van der Waals surface area contributed by atoms with Crippen LogP contribution in [0.4, 0.5) is 5.69 Å². The Labute approximate surface area is 152 Å². The maximum atomic E-state index is 13.0. The van der Waals surface area contributed by atoms with E-state index in [9.17, 15) is 4.79 Å². The standard InChI is InChI=1S/C21H22N2O3/c1-25-16-12-19-17(20(13-16)26-2)9-11-22(19)14-21(24)23-10-5-7-15-6-3-4-8-18(15)23/h3-4,6,8-9,11-13H,5,7,10,14H2,1-2H3. The monoisotopic (exact) mass is 350 g/mol. The van der Waals surface area contributed by atoms with Gasteiger partial charge in [-0.25, -0.2) is 0 Å². The predicted octanol–water partition coefficient (Wildman–Crippen LogP) is 3.64. The zero-order valence-corrected chi connectivity index (χ0v) is 15.1. The Morgan fingerprint density at radius 2 is 1.96 bits per heavy atom. The second-order valence-corrected chi connectivity index (χ2v) is 6.48. The van der Waals surface area contributed by atoms with Gasteiger partial charge in [0.1, 0.15) is 18.0 Å². The van der Waals surface area contributed by atoms with Gasteiger partial charge in [0.15, 0.2) is 0 Å². The summed E-state index contributed by atoms with van der Waals surface area (Å²) in [7, 11) is 3.27. The SMILES string of the molecule is COc1cc(OC)c2ccn(CC(=O)N3CCCc4ccccc43)c2c1. The van der Waals surface area contributed by atoms with E-state index in [0.717, 1.165) is 41.7 Å². The van der Waals surface area contributed by atoms with Crippen LogP contribution in [0.15, 0.2) is 48.7 Å². The van der Waals surface area contributed by atoms with Crippen LogP contribution < -0.4 is 14.4 Å². The van der Waals surface area contributed by atoms with Gasteiger partial charge in [-0.1, -0.05) is 18.2 Å². The van der Waals surface area contributed by atoms with Gasteiger partial charge in [-0.05, 0) is 30.5 Å². The van der Waals surface area contributed by atoms with E-state index in [1.54, 1.807) is 14.2 Å². The van der Waals surface area contributed by atoms with Crippen molar-refractivity contribution in [3.63, 3.8) is 0 Å². The van der Waals surface area contributed by atoms with E-state index in [0.29, 0.717) is 5.75 Å². The van der Waals surface area contributed by atoms with Gasteiger partial charge in [0.05, 0.1) is 19.7 Å². The number of carbonyl (C=O) groups excluding carboxylic acids is 1. The molecule has 0 saturated carbocycles. The molecule has 3 aromatic rings. The lowest BCUT2D eigenvalue weighted by molar-refractivity contribution is -0.119. The molecule has 2 aromatic carbocycles. The summed E-state index contributed by atoms with van der Waals surface area (Å²) in [6.07, 6.45) is 3.96. The smallest absolute Gasteiger partial charge is 0.246 e. The molecule has 4 rings (SSSR count). The molecule has 5 nitrogen and oxygen atoms in total. The summed E-state index contributed by atoms with van der Waals surface area (Å²) in [5.41, 5.74) is 3.21. The van der Waals surface area contributed by atoms with Crippen molar-refractivity contribution in [2.24, 2.45) is 0 Å². The Morgan fingerprint density at radius 1 is 1.12 bits per heavy atom. The minimum absolute atomic E-state index is 0.0939. The number of anilines is 1. The quantitative estimate of drug-likeness (QED) is 0.722. The minimum Gasteiger partial charge on any atom is -0.497 e. The number of nitrogens with zero attached hydrogens (tertiary/aromatic N) is 2. The molecule has 1 aliphatic rings. The fraction of sp³-hybridized carbons (Fsp3) is 0.286. The molecule has 0 radical (unpaired) electrons. The number of aryl methyl sites for hydroxylation is 1. The molecule has 0 atom stereocenters. The third kappa shape index (κ3) is 2.79. The molecule has 1 aliphatic heterocycles. The summed E-state index contributed by atoms with van der Waals surface area (Å²) in [6, 6.07) is 13.9. The number of amides is 1. The average Bonchev–Trinajstić information content (AvgIpc) is 3.09. The first-order valence-electron chi connectivity index (χ1n) is 8.80. The normalized spacial score (nSPS) is 13.5. The van der Waals surface area contributed by atoms with E-state index in [-0.39, 0.29) is 12.5 Å². The molecule has 134 valence electrons. The van der Waals surface area contributed by atoms with Crippen molar-refractivity contribution < 1.29 is 14.3 Å². The van der Waals surface area contributed by atoms with Crippen LogP contribution in [0.5, 0.6) is 11.5 Å². The van der Waals surface area contributed by atoms with E-state index < -0.39 is 0 Å². The van der Waals surface area contributed by atoms with Crippen molar-refractivity contribution in [3.8, 4) is 11.5 Å². The molecular formula is C21H22N2O3. The first-order valence-corrected chi connectivity index (χ1v) is 8.80. The van der Waals surface area contributed by atoms with Crippen molar-refractivity contribution in [2.45, 2.75) is 19.4 Å². The Morgan fingerprint density at radius 3 is 2.77 bits per heavy atom. The van der Waals surface area contributed by atoms with Crippen LogP contribution in [0.2, 0.25) is 0 Å². The van der Waals surface area contributed by atoms with Gasteiger partial charge in [0.25, 0.3) is 0 Å². The maximum Gasteiger partial charge on any atom is 0.246 e. The van der Waals surface area contributed by atoms with E-state index in [1.165, 1.54) is 5.56 Å². The molecule has 1 aromatic heterocycles. The number of aromatic nitrogens is 1. The van der Waals surface area contributed by atoms with Crippen LogP contribution in [0.3, 0.4) is 0 Å². The van der Waals surface area contributed by atoms with Crippen molar-refractivity contribution in [2.75, 3.05) is 25.7 Å². The zero-order valence-electron chi connectivity index (χ0n) is 15.1. The van der Waals surface area contributed by atoms with Crippen LogP contribution in [0, 0.1) is 0 Å². The molecule has 2 heterocycles. The van der Waals surface area contributed by atoms with Crippen LogP contribution in [-0.4, -0.2) is 31.2 Å². The predicted molar refractivity (Wildman–Crippen MR) is 102 cm³/mol. The number of benzene rings is 2. The van der Waals surface area contributed by atoms with Crippen molar-refractivity contribution in [3.05, 3.63) is 54.2 Å². The van der Waals surface area contributed by atoms with Gasteiger partial charge < -0.3 is 18.9 Å². The van der Waals surface area contributed by atoms with Gasteiger partial charge in [0, 0.05) is 35.9 Å². The molecule has 26 heavy (non-hydrogen) atoms. The van der Waals surface area contributed by atoms with Crippen molar-refractivity contribution in [1.29, 1.82) is 0 Å². The zero-order chi connectivity index (χ0) is 18.1. The highest BCUT2D eigenvalue weighted by Gasteiger charge is 2.22. The molecule has 0 fully saturated rings. The Balaban J connectivity index is 1.67. The lowest BCUT2D eigenvalue weighted by Crippen LogP contribution is -2.37. The summed E-state index contributed by atoms with van der Waals surface area (Å²) >= 11 is 0. The van der Waals surface area contributed by atoms with E-state index in [1.807, 2.05) is 52.1 Å². The van der Waals surface area contributed by atoms with Crippen molar-refractivity contribution in [1.82, 2.24) is 4.57 Å². The number of fused-ring (bicyclic) bond motifs is 2. The fourth-order valence-electron chi connectivity index (χ4n) is 3.69. The second-order valence-electron chi connectivity index (χ2n) is 6.48. The highest BCUT2D eigenvalue weighted by molar-refractivity contribution is 5.96. The number of rotatable bonds is 4. The topological polar surface area (TPSA) is 43.7 Å². The Hall–Kier alpha value is -2.95. The number of carbonyl (C=O) groups is 1. The molecule has 0 N–H and O–H groups in total. The van der Waals surface area contributed by atoms with Gasteiger partial charge in [-0.3, -0.25) is 4.79 Å². The van der Waals surface area contributed by atoms with Gasteiger partial charge in [0.2, 0.25) is 5.91 Å². The lowest BCUT2D eigenvalue weighted by atomic mass is 10.0. The summed E-state index contributed by atoms with van der Waals surface area (Å²) in [5, 5.41) is 0.972. The lowest BCUT2D eigenvalue weighted by Gasteiger charge is -2.29. The van der Waals surface area contributed by atoms with Crippen LogP contribution in [0.1, 0.15) is 12.0 Å². The highest BCUT2D eigenvalue weighted by atomic mass is 16.5. The summed E-state index contributed by atoms with van der Waals surface area (Å²) in [6.45, 7) is 1.05. The number of para-hydroxylation sites is 1. The van der Waals surface area contributed by atoms with E-state index >= 15 is 0 Å². The number of hydrogen-bond donors (Lipinski definition) is 0. The first kappa shape index (κ1) is 16.5. The molecule has 1 amide bonds. The molecule has 0 saturated heterocycles. The molecule has 0 aliphatic carbocycles. The molecule has 0 bridgehead atoms. The highest BCUT2D eigenvalue weighted by Crippen LogP contribution is 2.32. The molecule has 0 unspecified atom stereocenters. The second kappa shape index (κ2) is 6.75. The number of hydrogen-bond acceptors (Lipinski definition) is 3. The molecule has 0 spiro atoms. The van der Waals surface area contributed by atoms with Gasteiger partial charge >= 0.3 is 0 Å². The summed E-state index contributed by atoms with van der Waals surface area (Å²) in [5.74, 6) is 1.55. The Bertz CT molecular complexity index is 961. The molecule has 5 heteroatoms. The van der Waals surface area contributed by atoms with Crippen LogP contribution >= 0.6 is 0 Å². The average molecular weight is 350 g/mol. The number of methoxy groups -OCH3 is 2.